The molecule has 1 aromatic carbocycles. The molecule has 2 N–H and O–H groups in total. The quantitative estimate of drug-likeness (QED) is 0.829. The molecule has 0 aromatic heterocycles. The van der Waals surface area contributed by atoms with E-state index in [9.17, 15) is 0 Å². The van der Waals surface area contributed by atoms with Gasteiger partial charge >= 0.3 is 0 Å². The Morgan fingerprint density at radius 2 is 1.71 bits per heavy atom. The van der Waals surface area contributed by atoms with Crippen molar-refractivity contribution < 1.29 is 0 Å². The maximum atomic E-state index is 6.55. The molecule has 0 bridgehead atoms. The van der Waals surface area contributed by atoms with E-state index in [0.717, 1.165) is 12.3 Å². The van der Waals surface area contributed by atoms with Crippen molar-refractivity contribution in [3.63, 3.8) is 0 Å². The lowest BCUT2D eigenvalue weighted by atomic mass is 9.68. The second-order valence-corrected chi connectivity index (χ2v) is 8.28. The Balaban J connectivity index is 1.93. The second-order valence-electron chi connectivity index (χ2n) is 8.28. The van der Waals surface area contributed by atoms with E-state index in [-0.39, 0.29) is 0 Å². The van der Waals surface area contributed by atoms with Crippen LogP contribution < -0.4 is 5.73 Å². The summed E-state index contributed by atoms with van der Waals surface area (Å²) in [4.78, 5) is 0. The van der Waals surface area contributed by atoms with Gasteiger partial charge in [0, 0.05) is 6.04 Å². The molecule has 2 rings (SSSR count). The number of hydrogen-bond acceptors (Lipinski definition) is 1. The number of benzene rings is 1. The molecule has 1 heteroatoms. The van der Waals surface area contributed by atoms with E-state index in [1.54, 1.807) is 0 Å². The normalized spacial score (nSPS) is 24.9. The Morgan fingerprint density at radius 3 is 2.29 bits per heavy atom. The van der Waals surface area contributed by atoms with Crippen molar-refractivity contribution in [2.24, 2.45) is 23.0 Å². The molecule has 1 aromatic rings. The summed E-state index contributed by atoms with van der Waals surface area (Å²) < 4.78 is 0. The smallest absolute Gasteiger partial charge is 0.0108 e. The molecule has 1 atom stereocenters. The number of aryl methyl sites for hydroxylation is 2. The van der Waals surface area contributed by atoms with Crippen molar-refractivity contribution in [2.45, 2.75) is 72.8 Å². The van der Waals surface area contributed by atoms with Gasteiger partial charge in [-0.25, -0.2) is 0 Å². The molecule has 1 unspecified atom stereocenters. The monoisotopic (exact) mass is 287 g/mol. The summed E-state index contributed by atoms with van der Waals surface area (Å²) in [6.07, 6.45) is 6.38. The molecule has 1 saturated carbocycles. The zero-order valence-corrected chi connectivity index (χ0v) is 14.6. The van der Waals surface area contributed by atoms with Gasteiger partial charge in [-0.15, -0.1) is 0 Å². The van der Waals surface area contributed by atoms with Crippen molar-refractivity contribution in [1.29, 1.82) is 0 Å². The average molecular weight is 287 g/mol. The van der Waals surface area contributed by atoms with Gasteiger partial charge in [0.05, 0.1) is 0 Å². The molecule has 0 saturated heterocycles. The third kappa shape index (κ3) is 4.32. The maximum absolute atomic E-state index is 6.55. The van der Waals surface area contributed by atoms with Gasteiger partial charge in [0.1, 0.15) is 0 Å². The molecule has 1 fully saturated rings. The van der Waals surface area contributed by atoms with E-state index in [0.29, 0.717) is 17.4 Å². The van der Waals surface area contributed by atoms with Gasteiger partial charge in [-0.05, 0) is 74.3 Å². The van der Waals surface area contributed by atoms with Crippen molar-refractivity contribution in [1.82, 2.24) is 0 Å². The molecule has 0 spiro atoms. The van der Waals surface area contributed by atoms with Crippen molar-refractivity contribution in [2.75, 3.05) is 0 Å². The van der Waals surface area contributed by atoms with E-state index < -0.39 is 0 Å². The Kier molecular flexibility index (Phi) is 5.14. The Hall–Kier alpha value is -0.820. The minimum absolute atomic E-state index is 0.325. The number of hydrogen-bond donors (Lipinski definition) is 1. The first kappa shape index (κ1) is 16.5. The Bertz CT molecular complexity index is 461. The number of nitrogens with two attached hydrogens (primary N) is 1. The summed E-state index contributed by atoms with van der Waals surface area (Å²) in [5, 5.41) is 0. The molecule has 0 aliphatic heterocycles. The van der Waals surface area contributed by atoms with E-state index in [1.807, 2.05) is 0 Å². The molecule has 0 heterocycles. The van der Waals surface area contributed by atoms with Gasteiger partial charge < -0.3 is 5.73 Å². The summed E-state index contributed by atoms with van der Waals surface area (Å²) in [6.45, 7) is 11.5. The minimum Gasteiger partial charge on any atom is -0.327 e. The van der Waals surface area contributed by atoms with E-state index in [1.165, 1.54) is 42.4 Å². The van der Waals surface area contributed by atoms with Crippen LogP contribution >= 0.6 is 0 Å². The van der Waals surface area contributed by atoms with Crippen LogP contribution in [-0.4, -0.2) is 6.04 Å². The Labute approximate surface area is 131 Å². The summed E-state index contributed by atoms with van der Waals surface area (Å²) >= 11 is 0. The van der Waals surface area contributed by atoms with E-state index in [2.05, 4.69) is 52.8 Å². The van der Waals surface area contributed by atoms with Crippen LogP contribution in [0.1, 0.15) is 63.1 Å². The fourth-order valence-electron chi connectivity index (χ4n) is 3.85. The van der Waals surface area contributed by atoms with Gasteiger partial charge in [-0.1, -0.05) is 44.5 Å². The molecule has 0 radical (unpaired) electrons. The van der Waals surface area contributed by atoms with Crippen LogP contribution in [0, 0.1) is 31.1 Å². The lowest BCUT2D eigenvalue weighted by Gasteiger charge is -2.38. The third-order valence-corrected chi connectivity index (χ3v) is 5.56. The highest BCUT2D eigenvalue weighted by molar-refractivity contribution is 5.31. The van der Waals surface area contributed by atoms with Crippen LogP contribution in [0.25, 0.3) is 0 Å². The summed E-state index contributed by atoms with van der Waals surface area (Å²) in [5.74, 6) is 1.59. The van der Waals surface area contributed by atoms with Crippen LogP contribution in [0.15, 0.2) is 18.2 Å². The second kappa shape index (κ2) is 6.52. The lowest BCUT2D eigenvalue weighted by Crippen LogP contribution is -2.37. The van der Waals surface area contributed by atoms with Crippen LogP contribution in [0.4, 0.5) is 0 Å². The summed E-state index contributed by atoms with van der Waals surface area (Å²) in [7, 11) is 0. The zero-order valence-electron chi connectivity index (χ0n) is 14.6. The SMILES string of the molecule is Cc1ccc(C)c(CC(N)C2CCC(C(C)(C)C)CC2)c1. The fourth-order valence-corrected chi connectivity index (χ4v) is 3.85. The molecule has 0 amide bonds. The first-order chi connectivity index (χ1) is 9.77. The molecule has 1 aliphatic rings. The summed E-state index contributed by atoms with van der Waals surface area (Å²) in [5.41, 5.74) is 11.2. The highest BCUT2D eigenvalue weighted by atomic mass is 14.7. The van der Waals surface area contributed by atoms with Gasteiger partial charge in [0.15, 0.2) is 0 Å². The lowest BCUT2D eigenvalue weighted by molar-refractivity contribution is 0.139. The third-order valence-electron chi connectivity index (χ3n) is 5.56. The predicted molar refractivity (Wildman–Crippen MR) is 92.5 cm³/mol. The van der Waals surface area contributed by atoms with Crippen LogP contribution in [0.2, 0.25) is 0 Å². The summed E-state index contributed by atoms with van der Waals surface area (Å²) in [6, 6.07) is 7.06. The maximum Gasteiger partial charge on any atom is 0.0108 e. The zero-order chi connectivity index (χ0) is 15.6. The first-order valence-corrected chi connectivity index (χ1v) is 8.59. The van der Waals surface area contributed by atoms with Crippen molar-refractivity contribution in [3.8, 4) is 0 Å². The standard InChI is InChI=1S/C20H33N/c1-14-6-7-15(2)17(12-14)13-19(21)16-8-10-18(11-9-16)20(3,4)5/h6-7,12,16,18-19H,8-11,13,21H2,1-5H3. The molecule has 118 valence electrons. The molecular weight excluding hydrogens is 254 g/mol. The van der Waals surface area contributed by atoms with Crippen LogP contribution in [-0.2, 0) is 6.42 Å². The Morgan fingerprint density at radius 1 is 1.10 bits per heavy atom. The van der Waals surface area contributed by atoms with Crippen molar-refractivity contribution >= 4 is 0 Å². The number of rotatable bonds is 3. The van der Waals surface area contributed by atoms with Crippen LogP contribution in [0.5, 0.6) is 0 Å². The van der Waals surface area contributed by atoms with Gasteiger partial charge in [-0.3, -0.25) is 0 Å². The highest BCUT2D eigenvalue weighted by Gasteiger charge is 2.31. The molecular formula is C20H33N. The van der Waals surface area contributed by atoms with Crippen molar-refractivity contribution in [3.05, 3.63) is 34.9 Å². The van der Waals surface area contributed by atoms with Gasteiger partial charge in [0.2, 0.25) is 0 Å². The molecule has 21 heavy (non-hydrogen) atoms. The topological polar surface area (TPSA) is 26.0 Å². The first-order valence-electron chi connectivity index (χ1n) is 8.59. The van der Waals surface area contributed by atoms with E-state index >= 15 is 0 Å². The molecule has 1 nitrogen and oxygen atoms in total. The van der Waals surface area contributed by atoms with Crippen LogP contribution in [0.3, 0.4) is 0 Å². The largest absolute Gasteiger partial charge is 0.327 e. The van der Waals surface area contributed by atoms with E-state index in [4.69, 9.17) is 5.73 Å². The fraction of sp³-hybridized carbons (Fsp3) is 0.700. The average Bonchev–Trinajstić information content (AvgIpc) is 2.42. The minimum atomic E-state index is 0.325. The highest BCUT2D eigenvalue weighted by Crippen LogP contribution is 2.40. The van der Waals surface area contributed by atoms with Gasteiger partial charge in [-0.2, -0.15) is 0 Å². The predicted octanol–water partition coefficient (Wildman–Crippen LogP) is 5.03. The van der Waals surface area contributed by atoms with Gasteiger partial charge in [0.25, 0.3) is 0 Å². The molecule has 1 aliphatic carbocycles.